The Morgan fingerprint density at radius 2 is 0.823 bits per heavy atom. The van der Waals surface area contributed by atoms with Gasteiger partial charge < -0.3 is 28.5 Å². The molecule has 0 heterocycles. The van der Waals surface area contributed by atoms with Crippen LogP contribution in [-0.4, -0.2) is 69.4 Å². The van der Waals surface area contributed by atoms with Gasteiger partial charge in [-0.3, -0.25) is 14.2 Å². The number of hydrogen-bond acceptors (Lipinski definition) is 7. The fraction of sp³-hybridized carbons (Fsp3) is 0.768. The first kappa shape index (κ1) is 76.2. The van der Waals surface area contributed by atoms with Gasteiger partial charge in [0.1, 0.15) is 19.3 Å². The highest BCUT2D eigenvalue weighted by molar-refractivity contribution is 7.45. The first-order chi connectivity index (χ1) is 38.4. The number of phosphoric acid groups is 1. The number of rotatable bonds is 59. The van der Waals surface area contributed by atoms with Gasteiger partial charge in [0.2, 0.25) is 5.91 Å². The lowest BCUT2D eigenvalue weighted by Crippen LogP contribution is -2.47. The number of esters is 1. The van der Waals surface area contributed by atoms with Crippen LogP contribution < -0.4 is 10.2 Å². The van der Waals surface area contributed by atoms with E-state index in [1.54, 1.807) is 0 Å². The second-order valence-electron chi connectivity index (χ2n) is 23.2. The van der Waals surface area contributed by atoms with Crippen LogP contribution in [0.5, 0.6) is 0 Å². The molecule has 0 aromatic carbocycles. The Morgan fingerprint density at radius 3 is 1.22 bits per heavy atom. The molecule has 0 spiro atoms. The fourth-order valence-corrected chi connectivity index (χ4v) is 10.0. The summed E-state index contributed by atoms with van der Waals surface area (Å²) < 4.78 is 30.3. The Bertz CT molecular complexity index is 1630. The van der Waals surface area contributed by atoms with E-state index in [0.717, 1.165) is 77.0 Å². The highest BCUT2D eigenvalue weighted by Gasteiger charge is 2.27. The number of unbranched alkanes of at least 4 members (excludes halogenated alkanes) is 31. The van der Waals surface area contributed by atoms with Crippen LogP contribution >= 0.6 is 7.82 Å². The largest absolute Gasteiger partial charge is 0.756 e. The maximum Gasteiger partial charge on any atom is 0.306 e. The monoisotopic (exact) mass is 1120 g/mol. The third-order valence-electron chi connectivity index (χ3n) is 14.4. The predicted octanol–water partition coefficient (Wildman–Crippen LogP) is 19.9. The van der Waals surface area contributed by atoms with E-state index in [9.17, 15) is 19.0 Å². The van der Waals surface area contributed by atoms with E-state index in [0.29, 0.717) is 17.4 Å². The van der Waals surface area contributed by atoms with Crippen molar-refractivity contribution in [2.24, 2.45) is 0 Å². The van der Waals surface area contributed by atoms with Crippen molar-refractivity contribution in [2.75, 3.05) is 40.9 Å². The van der Waals surface area contributed by atoms with Crippen molar-refractivity contribution in [1.82, 2.24) is 5.32 Å². The zero-order valence-electron chi connectivity index (χ0n) is 52.3. The lowest BCUT2D eigenvalue weighted by atomic mass is 10.0. The second kappa shape index (κ2) is 58.4. The van der Waals surface area contributed by atoms with E-state index in [-0.39, 0.29) is 31.3 Å². The molecule has 3 unspecified atom stereocenters. The summed E-state index contributed by atoms with van der Waals surface area (Å²) in [6, 6.07) is -0.931. The van der Waals surface area contributed by atoms with Crippen molar-refractivity contribution in [2.45, 2.75) is 303 Å². The molecule has 458 valence electrons. The number of amides is 1. The molecule has 0 aromatic heterocycles. The molecular weight excluding hydrogens is 1000 g/mol. The molecule has 0 radical (unpaired) electrons. The third-order valence-corrected chi connectivity index (χ3v) is 15.3. The zero-order chi connectivity index (χ0) is 57.9. The van der Waals surface area contributed by atoms with E-state index in [4.69, 9.17) is 13.8 Å². The molecule has 0 aromatic rings. The molecule has 0 saturated heterocycles. The highest BCUT2D eigenvalue weighted by atomic mass is 31.2. The number of nitrogens with one attached hydrogen (secondary N) is 1. The molecule has 0 aliphatic heterocycles. The quantitative estimate of drug-likeness (QED) is 0.0212. The number of phosphoric ester groups is 1. The minimum Gasteiger partial charge on any atom is -0.756 e. The number of carbonyl (C=O) groups is 2. The maximum absolute atomic E-state index is 13.5. The van der Waals surface area contributed by atoms with E-state index in [1.807, 2.05) is 45.4 Å². The van der Waals surface area contributed by atoms with Crippen LogP contribution in [-0.2, 0) is 27.9 Å². The summed E-state index contributed by atoms with van der Waals surface area (Å²) in [5.41, 5.74) is 0. The Balaban J connectivity index is 5.20. The Labute approximate surface area is 488 Å². The SMILES string of the molecule is CC/C=C\C/C=C\C/C=C\C/C=C\C/C=C\C/C=C\CCC(=O)NC(COP(=O)([O-])OCC[N+](C)(C)C)C(/C=C/CCCCCCCCCCC)OC(=O)CCCCCCCCCCCCCCCCCCCCCCCCC. The van der Waals surface area contributed by atoms with Gasteiger partial charge in [0.05, 0.1) is 33.8 Å². The molecule has 10 heteroatoms. The molecule has 0 saturated carbocycles. The number of ether oxygens (including phenoxy) is 1. The summed E-state index contributed by atoms with van der Waals surface area (Å²) in [7, 11) is 1.14. The first-order valence-electron chi connectivity index (χ1n) is 32.9. The van der Waals surface area contributed by atoms with Crippen LogP contribution in [0.4, 0.5) is 0 Å². The van der Waals surface area contributed by atoms with E-state index in [2.05, 4.69) is 86.8 Å². The Hall–Kier alpha value is -2.81. The molecule has 1 N–H and O–H groups in total. The van der Waals surface area contributed by atoms with Gasteiger partial charge >= 0.3 is 5.97 Å². The number of hydrogen-bond donors (Lipinski definition) is 1. The molecule has 0 bridgehead atoms. The second-order valence-corrected chi connectivity index (χ2v) is 24.7. The predicted molar refractivity (Wildman–Crippen MR) is 339 cm³/mol. The average Bonchev–Trinajstić information content (AvgIpc) is 3.41. The number of likely N-dealkylation sites (N-methyl/N-ethyl adjacent to an activating group) is 1. The lowest BCUT2D eigenvalue weighted by molar-refractivity contribution is -0.870. The summed E-state index contributed by atoms with van der Waals surface area (Å²) in [5, 5.41) is 2.98. The molecule has 79 heavy (non-hydrogen) atoms. The molecular formula is C69H125N2O7P. The molecule has 0 rings (SSSR count). The van der Waals surface area contributed by atoms with Crippen molar-refractivity contribution in [3.05, 3.63) is 85.1 Å². The maximum atomic E-state index is 13.5. The van der Waals surface area contributed by atoms with Crippen LogP contribution in [0.1, 0.15) is 290 Å². The summed E-state index contributed by atoms with van der Waals surface area (Å²) in [6.45, 7) is 6.69. The van der Waals surface area contributed by atoms with Gasteiger partial charge in [0.15, 0.2) is 0 Å². The van der Waals surface area contributed by atoms with Crippen LogP contribution in [0.3, 0.4) is 0 Å². The topological polar surface area (TPSA) is 114 Å². The van der Waals surface area contributed by atoms with Gasteiger partial charge in [-0.2, -0.15) is 0 Å². The van der Waals surface area contributed by atoms with Crippen LogP contribution in [0, 0.1) is 0 Å². The minimum atomic E-state index is -4.72. The van der Waals surface area contributed by atoms with E-state index in [1.165, 1.54) is 173 Å². The van der Waals surface area contributed by atoms with Crippen molar-refractivity contribution >= 4 is 19.7 Å². The van der Waals surface area contributed by atoms with Gasteiger partial charge in [0, 0.05) is 12.8 Å². The standard InChI is InChI=1S/C69H125N2O7P/c1-7-10-13-16-19-22-25-27-29-31-33-34-35-36-38-40-42-44-47-50-53-56-59-62-69(73)78-67(60-57-54-51-48-45-24-21-18-15-12-9-3)66(65-77-79(74,75)76-64-63-71(4,5)6)70-68(72)61-58-55-52-49-46-43-41-39-37-32-30-28-26-23-20-17-14-11-8-2/h11,14,20,23,28,30,37,39,43,46,52,55,57,60,66-67H,7-10,12-13,15-19,21-22,24-27,29,31-36,38,40-42,44-45,47-51,53-54,56,58-59,61-65H2,1-6H3,(H-,70,72,74,75)/b14-11-,23-20-,30-28-,39-37-,46-43-,55-52-,60-57+. The summed E-state index contributed by atoms with van der Waals surface area (Å²) in [5.74, 6) is -0.633. The molecule has 0 aliphatic rings. The molecule has 9 nitrogen and oxygen atoms in total. The number of quaternary nitrogens is 1. The number of allylic oxidation sites excluding steroid dienone is 13. The summed E-state index contributed by atoms with van der Waals surface area (Å²) in [6.07, 6.45) is 77.3. The highest BCUT2D eigenvalue weighted by Crippen LogP contribution is 2.38. The van der Waals surface area contributed by atoms with E-state index < -0.39 is 26.6 Å². The van der Waals surface area contributed by atoms with Crippen molar-refractivity contribution < 1.29 is 37.3 Å². The van der Waals surface area contributed by atoms with Crippen LogP contribution in [0.25, 0.3) is 0 Å². The Kier molecular flexibility index (Phi) is 56.3. The number of carbonyl (C=O) groups excluding carboxylic acids is 2. The van der Waals surface area contributed by atoms with Crippen molar-refractivity contribution in [3.8, 4) is 0 Å². The lowest BCUT2D eigenvalue weighted by Gasteiger charge is -2.30. The summed E-state index contributed by atoms with van der Waals surface area (Å²) in [4.78, 5) is 40.0. The Morgan fingerprint density at radius 1 is 0.456 bits per heavy atom. The van der Waals surface area contributed by atoms with Gasteiger partial charge in [-0.1, -0.05) is 292 Å². The molecule has 0 aliphatic carbocycles. The van der Waals surface area contributed by atoms with Crippen molar-refractivity contribution in [3.63, 3.8) is 0 Å². The minimum absolute atomic E-state index is 0.0378. The number of nitrogens with zero attached hydrogens (tertiary/aromatic N) is 1. The van der Waals surface area contributed by atoms with Crippen LogP contribution in [0.15, 0.2) is 85.1 Å². The fourth-order valence-electron chi connectivity index (χ4n) is 9.31. The van der Waals surface area contributed by atoms with E-state index >= 15 is 0 Å². The molecule has 0 fully saturated rings. The van der Waals surface area contributed by atoms with Gasteiger partial charge in [-0.05, 0) is 70.3 Å². The molecule has 1 amide bonds. The molecule has 3 atom stereocenters. The van der Waals surface area contributed by atoms with Crippen LogP contribution in [0.2, 0.25) is 0 Å². The average molecular weight is 1130 g/mol. The summed E-state index contributed by atoms with van der Waals surface area (Å²) >= 11 is 0. The van der Waals surface area contributed by atoms with Gasteiger partial charge in [0.25, 0.3) is 7.82 Å². The normalized spacial score (nSPS) is 14.2. The van der Waals surface area contributed by atoms with Gasteiger partial charge in [-0.25, -0.2) is 0 Å². The first-order valence-corrected chi connectivity index (χ1v) is 34.4. The van der Waals surface area contributed by atoms with Crippen molar-refractivity contribution in [1.29, 1.82) is 0 Å². The zero-order valence-corrected chi connectivity index (χ0v) is 53.2. The third kappa shape index (κ3) is 59.6. The smallest absolute Gasteiger partial charge is 0.306 e. The van der Waals surface area contributed by atoms with Gasteiger partial charge in [-0.15, -0.1) is 0 Å².